The third-order valence-electron chi connectivity index (χ3n) is 2.59. The summed E-state index contributed by atoms with van der Waals surface area (Å²) in [6, 6.07) is 0.472. The van der Waals surface area contributed by atoms with Crippen molar-refractivity contribution in [3.05, 3.63) is 23.9 Å². The fraction of sp³-hybridized carbons (Fsp3) is 0.600. The van der Waals surface area contributed by atoms with Crippen LogP contribution in [0.25, 0.3) is 0 Å². The van der Waals surface area contributed by atoms with Crippen LogP contribution in [0.3, 0.4) is 0 Å². The molecule has 2 atom stereocenters. The molecule has 3 heteroatoms. The van der Waals surface area contributed by atoms with Gasteiger partial charge < -0.3 is 15.7 Å². The summed E-state index contributed by atoms with van der Waals surface area (Å²) in [5.74, 6) is 0. The lowest BCUT2D eigenvalue weighted by Crippen LogP contribution is -2.40. The summed E-state index contributed by atoms with van der Waals surface area (Å²) >= 11 is 0. The van der Waals surface area contributed by atoms with Crippen molar-refractivity contribution in [3.8, 4) is 0 Å². The summed E-state index contributed by atoms with van der Waals surface area (Å²) in [6.45, 7) is 2.84. The van der Waals surface area contributed by atoms with E-state index in [4.69, 9.17) is 0 Å². The number of aliphatic hydroxyl groups is 1. The molecule has 72 valence electrons. The average molecular weight is 180 g/mol. The number of hydrogen-bond donors (Lipinski definition) is 3. The molecule has 2 rings (SSSR count). The molecule has 0 amide bonds. The number of dihydropyridines is 1. The van der Waals surface area contributed by atoms with E-state index in [-0.39, 0.29) is 0 Å². The van der Waals surface area contributed by atoms with E-state index < -0.39 is 5.72 Å². The average Bonchev–Trinajstić information content (AvgIpc) is 2.56. The van der Waals surface area contributed by atoms with E-state index in [9.17, 15) is 5.11 Å². The molecule has 0 aliphatic carbocycles. The Balaban J connectivity index is 2.03. The molecule has 2 aliphatic heterocycles. The summed E-state index contributed by atoms with van der Waals surface area (Å²) < 4.78 is 0. The Morgan fingerprint density at radius 3 is 3.00 bits per heavy atom. The van der Waals surface area contributed by atoms with Gasteiger partial charge in [0.05, 0.1) is 0 Å². The maximum Gasteiger partial charge on any atom is 0.151 e. The highest BCUT2D eigenvalue weighted by molar-refractivity contribution is 5.30. The highest BCUT2D eigenvalue weighted by Crippen LogP contribution is 2.19. The highest BCUT2D eigenvalue weighted by atomic mass is 16.3. The maximum absolute atomic E-state index is 9.57. The minimum Gasteiger partial charge on any atom is -0.368 e. The second-order valence-electron chi connectivity index (χ2n) is 3.92. The zero-order valence-corrected chi connectivity index (χ0v) is 7.88. The quantitative estimate of drug-likeness (QED) is 0.550. The Kier molecular flexibility index (Phi) is 2.14. The summed E-state index contributed by atoms with van der Waals surface area (Å²) in [5.41, 5.74) is 0.367. The molecule has 2 aliphatic rings. The lowest BCUT2D eigenvalue weighted by atomic mass is 10.0. The lowest BCUT2D eigenvalue weighted by molar-refractivity contribution is 0.0874. The Bertz CT molecular complexity index is 250. The first-order valence-corrected chi connectivity index (χ1v) is 4.80. The van der Waals surface area contributed by atoms with Gasteiger partial charge >= 0.3 is 0 Å². The molecule has 0 aromatic heterocycles. The smallest absolute Gasteiger partial charge is 0.151 e. The Morgan fingerprint density at radius 2 is 2.46 bits per heavy atom. The second kappa shape index (κ2) is 3.16. The van der Waals surface area contributed by atoms with Gasteiger partial charge in [-0.15, -0.1) is 0 Å². The normalized spacial score (nSPS) is 38.6. The molecule has 1 saturated heterocycles. The van der Waals surface area contributed by atoms with E-state index in [2.05, 4.69) is 10.6 Å². The van der Waals surface area contributed by atoms with Crippen LogP contribution in [0.5, 0.6) is 0 Å². The standard InChI is InChI=1S/C10H16N2O/c1-10(13)5-4-8(7-12-10)9-3-2-6-11-9/h4-5,7,9,11-13H,2-3,6H2,1H3. The molecule has 2 heterocycles. The van der Waals surface area contributed by atoms with Crippen molar-refractivity contribution >= 4 is 0 Å². The second-order valence-corrected chi connectivity index (χ2v) is 3.92. The van der Waals surface area contributed by atoms with Crippen molar-refractivity contribution in [1.82, 2.24) is 10.6 Å². The van der Waals surface area contributed by atoms with Crippen molar-refractivity contribution in [2.45, 2.75) is 31.5 Å². The summed E-state index contributed by atoms with van der Waals surface area (Å²) in [7, 11) is 0. The molecule has 0 saturated carbocycles. The number of nitrogens with one attached hydrogen (secondary N) is 2. The third-order valence-corrected chi connectivity index (χ3v) is 2.59. The van der Waals surface area contributed by atoms with E-state index in [1.807, 2.05) is 12.3 Å². The highest BCUT2D eigenvalue weighted by Gasteiger charge is 2.22. The zero-order valence-electron chi connectivity index (χ0n) is 7.88. The fourth-order valence-electron chi connectivity index (χ4n) is 1.77. The molecule has 0 aromatic carbocycles. The van der Waals surface area contributed by atoms with E-state index in [0.29, 0.717) is 6.04 Å². The lowest BCUT2D eigenvalue weighted by Gasteiger charge is -2.25. The van der Waals surface area contributed by atoms with E-state index in [1.165, 1.54) is 18.4 Å². The largest absolute Gasteiger partial charge is 0.368 e. The van der Waals surface area contributed by atoms with Crippen LogP contribution in [0, 0.1) is 0 Å². The van der Waals surface area contributed by atoms with Crippen LogP contribution in [0.2, 0.25) is 0 Å². The van der Waals surface area contributed by atoms with Crippen molar-refractivity contribution in [2.24, 2.45) is 0 Å². The van der Waals surface area contributed by atoms with Gasteiger partial charge in [-0.05, 0) is 38.0 Å². The van der Waals surface area contributed by atoms with Crippen LogP contribution in [0.4, 0.5) is 0 Å². The van der Waals surface area contributed by atoms with Gasteiger partial charge in [0.1, 0.15) is 0 Å². The van der Waals surface area contributed by atoms with E-state index >= 15 is 0 Å². The monoisotopic (exact) mass is 180 g/mol. The van der Waals surface area contributed by atoms with Crippen molar-refractivity contribution in [3.63, 3.8) is 0 Å². The van der Waals surface area contributed by atoms with Gasteiger partial charge in [0.2, 0.25) is 0 Å². The molecular formula is C10H16N2O. The first-order valence-electron chi connectivity index (χ1n) is 4.80. The molecule has 0 bridgehead atoms. The topological polar surface area (TPSA) is 44.3 Å². The SMILES string of the molecule is CC1(O)C=CC(C2CCCN2)=CN1. The molecule has 3 N–H and O–H groups in total. The van der Waals surface area contributed by atoms with E-state index in [1.54, 1.807) is 13.0 Å². The van der Waals surface area contributed by atoms with Crippen LogP contribution < -0.4 is 10.6 Å². The van der Waals surface area contributed by atoms with Gasteiger partial charge in [-0.3, -0.25) is 0 Å². The van der Waals surface area contributed by atoms with Crippen LogP contribution in [-0.4, -0.2) is 23.4 Å². The Morgan fingerprint density at radius 1 is 1.62 bits per heavy atom. The minimum atomic E-state index is -0.873. The Labute approximate surface area is 78.5 Å². The molecule has 0 aromatic rings. The molecular weight excluding hydrogens is 164 g/mol. The molecule has 1 fully saturated rings. The predicted octanol–water partition coefficient (Wildman–Crippen LogP) is 0.490. The molecule has 2 unspecified atom stereocenters. The predicted molar refractivity (Wildman–Crippen MR) is 52.0 cm³/mol. The van der Waals surface area contributed by atoms with Crippen LogP contribution in [0.1, 0.15) is 19.8 Å². The van der Waals surface area contributed by atoms with Gasteiger partial charge in [0.25, 0.3) is 0 Å². The Hall–Kier alpha value is -0.800. The van der Waals surface area contributed by atoms with Crippen molar-refractivity contribution < 1.29 is 5.11 Å². The zero-order chi connectivity index (χ0) is 9.31. The maximum atomic E-state index is 9.57. The first kappa shape index (κ1) is 8.78. The van der Waals surface area contributed by atoms with Gasteiger partial charge in [0, 0.05) is 12.2 Å². The molecule has 13 heavy (non-hydrogen) atoms. The summed E-state index contributed by atoms with van der Waals surface area (Å²) in [5, 5.41) is 15.9. The first-order chi connectivity index (χ1) is 6.17. The van der Waals surface area contributed by atoms with Gasteiger partial charge in [-0.25, -0.2) is 0 Å². The van der Waals surface area contributed by atoms with E-state index in [0.717, 1.165) is 6.54 Å². The number of rotatable bonds is 1. The van der Waals surface area contributed by atoms with Crippen molar-refractivity contribution in [2.75, 3.05) is 6.54 Å². The molecule has 3 nitrogen and oxygen atoms in total. The van der Waals surface area contributed by atoms with Crippen LogP contribution >= 0.6 is 0 Å². The van der Waals surface area contributed by atoms with Crippen LogP contribution in [0.15, 0.2) is 23.9 Å². The van der Waals surface area contributed by atoms with Gasteiger partial charge in [-0.2, -0.15) is 0 Å². The summed E-state index contributed by atoms with van der Waals surface area (Å²) in [6.07, 6.45) is 8.14. The van der Waals surface area contributed by atoms with Crippen LogP contribution in [-0.2, 0) is 0 Å². The fourth-order valence-corrected chi connectivity index (χ4v) is 1.77. The minimum absolute atomic E-state index is 0.472. The van der Waals surface area contributed by atoms with Gasteiger partial charge in [-0.1, -0.05) is 6.08 Å². The van der Waals surface area contributed by atoms with Crippen molar-refractivity contribution in [1.29, 1.82) is 0 Å². The molecule has 0 spiro atoms. The molecule has 0 radical (unpaired) electrons. The third kappa shape index (κ3) is 1.92. The number of hydrogen-bond acceptors (Lipinski definition) is 3. The van der Waals surface area contributed by atoms with Gasteiger partial charge in [0.15, 0.2) is 5.72 Å². The summed E-state index contributed by atoms with van der Waals surface area (Å²) in [4.78, 5) is 0.